The van der Waals surface area contributed by atoms with Crippen LogP contribution < -0.4 is 0 Å². The smallest absolute Gasteiger partial charge is 0.161 e. The Morgan fingerprint density at radius 1 is 0.304 bits per heavy atom. The van der Waals surface area contributed by atoms with Gasteiger partial charge in [0.1, 0.15) is 0 Å². The second kappa shape index (κ2) is 13.1. The summed E-state index contributed by atoms with van der Waals surface area (Å²) >= 11 is 0. The van der Waals surface area contributed by atoms with Crippen LogP contribution in [0, 0.1) is 0 Å². The Balaban J connectivity index is 1.11. The van der Waals surface area contributed by atoms with E-state index in [-0.39, 0.29) is 0 Å². The van der Waals surface area contributed by atoms with Crippen LogP contribution in [-0.4, -0.2) is 19.9 Å². The molecule has 11 aromatic rings. The van der Waals surface area contributed by atoms with Gasteiger partial charge in [0.25, 0.3) is 0 Å². The summed E-state index contributed by atoms with van der Waals surface area (Å²) in [6.07, 6.45) is 7.50. The monoisotopic (exact) mass is 712 g/mol. The highest BCUT2D eigenvalue weighted by Crippen LogP contribution is 2.43. The molecule has 0 atom stereocenters. The second-order valence-corrected chi connectivity index (χ2v) is 14.3. The normalized spacial score (nSPS) is 11.6. The first-order valence-electron chi connectivity index (χ1n) is 18.9. The van der Waals surface area contributed by atoms with Crippen molar-refractivity contribution < 1.29 is 0 Å². The number of nitrogens with zero attached hydrogens (tertiary/aromatic N) is 4. The lowest BCUT2D eigenvalue weighted by molar-refractivity contribution is 1.18. The average Bonchev–Trinajstić information content (AvgIpc) is 3.28. The molecular formula is C52H32N4. The lowest BCUT2D eigenvalue weighted by Crippen LogP contribution is -1.98. The maximum atomic E-state index is 5.32. The van der Waals surface area contributed by atoms with Crippen molar-refractivity contribution >= 4 is 43.1 Å². The molecule has 4 nitrogen and oxygen atoms in total. The van der Waals surface area contributed by atoms with E-state index in [1.807, 2.05) is 42.9 Å². The van der Waals surface area contributed by atoms with Gasteiger partial charge in [-0.2, -0.15) is 0 Å². The van der Waals surface area contributed by atoms with Crippen molar-refractivity contribution in [2.75, 3.05) is 0 Å². The van der Waals surface area contributed by atoms with Crippen LogP contribution in [0.1, 0.15) is 0 Å². The van der Waals surface area contributed by atoms with Gasteiger partial charge in [-0.25, -0.2) is 9.97 Å². The standard InChI is InChI=1S/C52H32N4/c1-2-10-33(11-3-1)42-23-19-34-22-26-45-43(24-20-35-21-25-44(42)50(34)51(35)45)36-13-8-14-37(28-36)48-29-49(47-32-54-31-38-12-4-5-17-41(38)47)56-52(55-48)46-18-7-6-16-40(46)39-15-9-27-53-30-39/h1-32H. The van der Waals surface area contributed by atoms with E-state index in [0.717, 1.165) is 55.5 Å². The largest absolute Gasteiger partial charge is 0.264 e. The van der Waals surface area contributed by atoms with Gasteiger partial charge in [-0.05, 0) is 83.7 Å². The maximum Gasteiger partial charge on any atom is 0.161 e. The summed E-state index contributed by atoms with van der Waals surface area (Å²) in [5.41, 5.74) is 11.4. The summed E-state index contributed by atoms with van der Waals surface area (Å²) in [4.78, 5) is 19.6. The minimum Gasteiger partial charge on any atom is -0.264 e. The SMILES string of the molecule is c1ccc(-c2ccc3ccc4c(-c5cccc(-c6cc(-c7cncc8ccccc78)nc(-c7ccccc7-c7cccnc7)n6)c5)ccc5ccc2c3c54)cc1. The van der Waals surface area contributed by atoms with Crippen molar-refractivity contribution in [3.8, 4) is 67.3 Å². The quantitative estimate of drug-likeness (QED) is 0.161. The molecule has 8 aromatic carbocycles. The van der Waals surface area contributed by atoms with Crippen LogP contribution in [0.5, 0.6) is 0 Å². The topological polar surface area (TPSA) is 51.6 Å². The zero-order chi connectivity index (χ0) is 37.0. The molecule has 3 aromatic heterocycles. The van der Waals surface area contributed by atoms with E-state index in [4.69, 9.17) is 9.97 Å². The summed E-state index contributed by atoms with van der Waals surface area (Å²) in [5.74, 6) is 0.646. The molecule has 0 fully saturated rings. The molecule has 0 aliphatic carbocycles. The van der Waals surface area contributed by atoms with Crippen molar-refractivity contribution in [2.24, 2.45) is 0 Å². The Bertz CT molecular complexity index is 3240. The van der Waals surface area contributed by atoms with Crippen molar-refractivity contribution in [1.29, 1.82) is 0 Å². The molecular weight excluding hydrogens is 681 g/mol. The van der Waals surface area contributed by atoms with Crippen molar-refractivity contribution in [1.82, 2.24) is 19.9 Å². The Labute approximate surface area is 323 Å². The summed E-state index contributed by atoms with van der Waals surface area (Å²) in [6, 6.07) is 60.4. The lowest BCUT2D eigenvalue weighted by Gasteiger charge is -2.17. The van der Waals surface area contributed by atoms with E-state index in [1.165, 1.54) is 49.0 Å². The highest BCUT2D eigenvalue weighted by Gasteiger charge is 2.18. The van der Waals surface area contributed by atoms with E-state index < -0.39 is 0 Å². The predicted molar refractivity (Wildman–Crippen MR) is 231 cm³/mol. The molecule has 0 amide bonds. The fourth-order valence-electron chi connectivity index (χ4n) is 8.39. The zero-order valence-corrected chi connectivity index (χ0v) is 30.3. The van der Waals surface area contributed by atoms with Gasteiger partial charge in [0, 0.05) is 52.4 Å². The number of hydrogen-bond acceptors (Lipinski definition) is 4. The van der Waals surface area contributed by atoms with Crippen LogP contribution in [0.15, 0.2) is 195 Å². The number of hydrogen-bond donors (Lipinski definition) is 0. The van der Waals surface area contributed by atoms with Crippen LogP contribution in [0.25, 0.3) is 110 Å². The fraction of sp³-hybridized carbons (Fsp3) is 0. The molecule has 0 unspecified atom stereocenters. The highest BCUT2D eigenvalue weighted by molar-refractivity contribution is 6.27. The molecule has 56 heavy (non-hydrogen) atoms. The van der Waals surface area contributed by atoms with Crippen LogP contribution >= 0.6 is 0 Å². The Morgan fingerprint density at radius 2 is 0.946 bits per heavy atom. The molecule has 0 saturated heterocycles. The minimum absolute atomic E-state index is 0.646. The van der Waals surface area contributed by atoms with Gasteiger partial charge in [0.05, 0.1) is 11.4 Å². The van der Waals surface area contributed by atoms with Crippen molar-refractivity contribution in [3.05, 3.63) is 195 Å². The third-order valence-corrected chi connectivity index (χ3v) is 11.0. The molecule has 260 valence electrons. The number of fused-ring (bicyclic) bond motifs is 1. The van der Waals surface area contributed by atoms with Gasteiger partial charge in [-0.3, -0.25) is 9.97 Å². The van der Waals surface area contributed by atoms with E-state index in [1.54, 1.807) is 6.20 Å². The van der Waals surface area contributed by atoms with Crippen LogP contribution in [0.3, 0.4) is 0 Å². The van der Waals surface area contributed by atoms with Gasteiger partial charge >= 0.3 is 0 Å². The fourth-order valence-corrected chi connectivity index (χ4v) is 8.39. The van der Waals surface area contributed by atoms with E-state index in [9.17, 15) is 0 Å². The number of rotatable bonds is 6. The molecule has 0 spiro atoms. The molecule has 0 aliphatic rings. The highest BCUT2D eigenvalue weighted by atomic mass is 14.9. The van der Waals surface area contributed by atoms with Crippen molar-refractivity contribution in [3.63, 3.8) is 0 Å². The predicted octanol–water partition coefficient (Wildman–Crippen LogP) is 13.3. The molecule has 11 rings (SSSR count). The average molecular weight is 713 g/mol. The Kier molecular flexibility index (Phi) is 7.46. The van der Waals surface area contributed by atoms with Gasteiger partial charge < -0.3 is 0 Å². The van der Waals surface area contributed by atoms with Gasteiger partial charge in [0.15, 0.2) is 5.82 Å². The van der Waals surface area contributed by atoms with Crippen LogP contribution in [0.4, 0.5) is 0 Å². The van der Waals surface area contributed by atoms with Crippen molar-refractivity contribution in [2.45, 2.75) is 0 Å². The summed E-state index contributed by atoms with van der Waals surface area (Å²) in [6.45, 7) is 0. The summed E-state index contributed by atoms with van der Waals surface area (Å²) in [5, 5.41) is 9.75. The maximum absolute atomic E-state index is 5.32. The molecule has 0 bridgehead atoms. The van der Waals surface area contributed by atoms with Crippen LogP contribution in [0.2, 0.25) is 0 Å². The molecule has 4 heteroatoms. The summed E-state index contributed by atoms with van der Waals surface area (Å²) < 4.78 is 0. The number of pyridine rings is 2. The van der Waals surface area contributed by atoms with E-state index in [2.05, 4.69) is 156 Å². The molecule has 0 radical (unpaired) electrons. The summed E-state index contributed by atoms with van der Waals surface area (Å²) in [7, 11) is 0. The van der Waals surface area contributed by atoms with Gasteiger partial charge in [0.2, 0.25) is 0 Å². The van der Waals surface area contributed by atoms with E-state index >= 15 is 0 Å². The lowest BCUT2D eigenvalue weighted by atomic mass is 9.87. The Hall–Kier alpha value is -7.56. The molecule has 0 saturated carbocycles. The number of aromatic nitrogens is 4. The van der Waals surface area contributed by atoms with E-state index in [0.29, 0.717) is 5.82 Å². The second-order valence-electron chi connectivity index (χ2n) is 14.3. The molecule has 0 N–H and O–H groups in total. The molecule has 0 aliphatic heterocycles. The van der Waals surface area contributed by atoms with Crippen LogP contribution in [-0.2, 0) is 0 Å². The first-order chi connectivity index (χ1) is 27.8. The zero-order valence-electron chi connectivity index (χ0n) is 30.3. The van der Waals surface area contributed by atoms with Gasteiger partial charge in [-0.1, -0.05) is 152 Å². The first-order valence-corrected chi connectivity index (χ1v) is 18.9. The number of benzene rings is 8. The Morgan fingerprint density at radius 3 is 1.73 bits per heavy atom. The van der Waals surface area contributed by atoms with Gasteiger partial charge in [-0.15, -0.1) is 0 Å². The minimum atomic E-state index is 0.646. The molecule has 3 heterocycles. The third kappa shape index (κ3) is 5.31. The third-order valence-electron chi connectivity index (χ3n) is 11.0. The first kappa shape index (κ1) is 31.9.